The number of hydrogen-bond donors (Lipinski definition) is 1. The Morgan fingerprint density at radius 2 is 2.36 bits per heavy atom. The number of hydrogen-bond acceptors (Lipinski definition) is 3. The number of ether oxygens (including phenoxy) is 1. The molecule has 2 aliphatic rings. The minimum Gasteiger partial charge on any atom is -0.489 e. The van der Waals surface area contributed by atoms with E-state index in [0.29, 0.717) is 0 Å². The Bertz CT molecular complexity index is 412. The Morgan fingerprint density at radius 3 is 3.29 bits per heavy atom. The molecule has 0 aliphatic carbocycles. The zero-order valence-electron chi connectivity index (χ0n) is 8.08. The average Bonchev–Trinajstić information content (AvgIpc) is 2.18. The van der Waals surface area contributed by atoms with Crippen LogP contribution in [0.1, 0.15) is 6.92 Å². The summed E-state index contributed by atoms with van der Waals surface area (Å²) in [6, 6.07) is 6.11. The normalized spacial score (nSPS) is 17.8. The average molecular weight is 188 g/mol. The molecule has 1 aromatic rings. The number of benzene rings is 1. The summed E-state index contributed by atoms with van der Waals surface area (Å²) in [5.74, 6) is 0.977. The van der Waals surface area contributed by atoms with Crippen molar-refractivity contribution >= 4 is 11.4 Å². The molecule has 2 aliphatic heterocycles. The van der Waals surface area contributed by atoms with E-state index < -0.39 is 0 Å². The molecule has 0 saturated carbocycles. The summed E-state index contributed by atoms with van der Waals surface area (Å²) in [5, 5.41) is 3.34. The van der Waals surface area contributed by atoms with Crippen LogP contribution in [0.2, 0.25) is 0 Å². The van der Waals surface area contributed by atoms with Crippen molar-refractivity contribution in [1.82, 2.24) is 0 Å². The highest BCUT2D eigenvalue weighted by Gasteiger charge is 2.23. The van der Waals surface area contributed by atoms with Crippen molar-refractivity contribution in [1.29, 1.82) is 0 Å². The first-order valence-corrected chi connectivity index (χ1v) is 4.82. The first-order chi connectivity index (χ1) is 6.84. The third kappa shape index (κ3) is 0.985. The van der Waals surface area contributed by atoms with Crippen molar-refractivity contribution in [3.05, 3.63) is 30.1 Å². The van der Waals surface area contributed by atoms with Crippen molar-refractivity contribution < 1.29 is 4.74 Å². The molecule has 0 saturated heterocycles. The Balaban J connectivity index is 2.20. The Hall–Kier alpha value is -1.64. The molecule has 0 radical (unpaired) electrons. The molecular weight excluding hydrogens is 176 g/mol. The largest absolute Gasteiger partial charge is 0.489 e. The van der Waals surface area contributed by atoms with Crippen LogP contribution in [0.3, 0.4) is 0 Å². The van der Waals surface area contributed by atoms with E-state index in [0.717, 1.165) is 24.6 Å². The molecule has 72 valence electrons. The van der Waals surface area contributed by atoms with Gasteiger partial charge in [0.25, 0.3) is 0 Å². The predicted octanol–water partition coefficient (Wildman–Crippen LogP) is 2.17. The molecular formula is C11H12N2O. The van der Waals surface area contributed by atoms with Crippen LogP contribution in [-0.4, -0.2) is 13.2 Å². The molecule has 0 spiro atoms. The maximum absolute atomic E-state index is 5.59. The fourth-order valence-corrected chi connectivity index (χ4v) is 2.01. The first-order valence-electron chi connectivity index (χ1n) is 4.82. The van der Waals surface area contributed by atoms with Gasteiger partial charge in [0.2, 0.25) is 0 Å². The molecule has 0 bridgehead atoms. The molecule has 3 nitrogen and oxygen atoms in total. The van der Waals surface area contributed by atoms with Gasteiger partial charge in [-0.3, -0.25) is 0 Å². The number of para-hydroxylation sites is 1. The van der Waals surface area contributed by atoms with Gasteiger partial charge in [0.05, 0.1) is 12.2 Å². The highest BCUT2D eigenvalue weighted by Crippen LogP contribution is 2.41. The van der Waals surface area contributed by atoms with E-state index in [-0.39, 0.29) is 0 Å². The van der Waals surface area contributed by atoms with Gasteiger partial charge in [-0.1, -0.05) is 6.07 Å². The molecule has 3 rings (SSSR count). The van der Waals surface area contributed by atoms with Crippen LogP contribution in [0, 0.1) is 0 Å². The van der Waals surface area contributed by atoms with Gasteiger partial charge < -0.3 is 15.0 Å². The maximum Gasteiger partial charge on any atom is 0.145 e. The standard InChI is InChI=1S/C11H12N2O/c1-8-7-13-5-6-14-10-4-2-3-9(12-8)11(10)13/h2-4,7,12H,5-6H2,1H3. The van der Waals surface area contributed by atoms with Crippen molar-refractivity contribution in [3.63, 3.8) is 0 Å². The maximum atomic E-state index is 5.59. The lowest BCUT2D eigenvalue weighted by atomic mass is 10.1. The van der Waals surface area contributed by atoms with Crippen molar-refractivity contribution in [2.75, 3.05) is 23.4 Å². The van der Waals surface area contributed by atoms with Crippen LogP contribution in [-0.2, 0) is 0 Å². The second-order valence-corrected chi connectivity index (χ2v) is 3.63. The molecule has 2 heterocycles. The number of anilines is 2. The highest BCUT2D eigenvalue weighted by molar-refractivity contribution is 5.81. The quantitative estimate of drug-likeness (QED) is 0.675. The molecule has 1 N–H and O–H groups in total. The number of rotatable bonds is 0. The van der Waals surface area contributed by atoms with Gasteiger partial charge in [0, 0.05) is 11.9 Å². The Kier molecular flexibility index (Phi) is 1.48. The summed E-state index contributed by atoms with van der Waals surface area (Å²) in [4.78, 5) is 2.25. The van der Waals surface area contributed by atoms with E-state index in [1.54, 1.807) is 0 Å². The van der Waals surface area contributed by atoms with Crippen molar-refractivity contribution in [3.8, 4) is 5.75 Å². The summed E-state index contributed by atoms with van der Waals surface area (Å²) >= 11 is 0. The minimum absolute atomic E-state index is 0.764. The smallest absolute Gasteiger partial charge is 0.145 e. The second kappa shape index (κ2) is 2.67. The second-order valence-electron chi connectivity index (χ2n) is 3.63. The van der Waals surface area contributed by atoms with Gasteiger partial charge >= 0.3 is 0 Å². The Morgan fingerprint density at radius 1 is 1.43 bits per heavy atom. The van der Waals surface area contributed by atoms with Crippen LogP contribution < -0.4 is 15.0 Å². The van der Waals surface area contributed by atoms with E-state index >= 15 is 0 Å². The number of allylic oxidation sites excluding steroid dienone is 1. The van der Waals surface area contributed by atoms with Crippen LogP contribution in [0.5, 0.6) is 5.75 Å². The van der Waals surface area contributed by atoms with Gasteiger partial charge in [-0.05, 0) is 19.1 Å². The lowest BCUT2D eigenvalue weighted by molar-refractivity contribution is 0.313. The Labute approximate surface area is 83.0 Å². The molecule has 0 amide bonds. The molecule has 0 atom stereocenters. The van der Waals surface area contributed by atoms with Gasteiger partial charge in [0.15, 0.2) is 0 Å². The van der Waals surface area contributed by atoms with Crippen LogP contribution >= 0.6 is 0 Å². The molecule has 0 aromatic heterocycles. The molecule has 3 heteroatoms. The summed E-state index contributed by atoms with van der Waals surface area (Å²) in [5.41, 5.74) is 3.49. The zero-order chi connectivity index (χ0) is 9.54. The molecule has 1 aromatic carbocycles. The fourth-order valence-electron chi connectivity index (χ4n) is 2.01. The van der Waals surface area contributed by atoms with Crippen LogP contribution in [0.15, 0.2) is 30.1 Å². The molecule has 0 fully saturated rings. The van der Waals surface area contributed by atoms with Gasteiger partial charge in [-0.2, -0.15) is 0 Å². The summed E-state index contributed by atoms with van der Waals surface area (Å²) in [7, 11) is 0. The zero-order valence-corrected chi connectivity index (χ0v) is 8.08. The highest BCUT2D eigenvalue weighted by atomic mass is 16.5. The van der Waals surface area contributed by atoms with Gasteiger partial charge in [0.1, 0.15) is 18.0 Å². The minimum atomic E-state index is 0.764. The van der Waals surface area contributed by atoms with Gasteiger partial charge in [-0.15, -0.1) is 0 Å². The van der Waals surface area contributed by atoms with Crippen molar-refractivity contribution in [2.45, 2.75) is 6.92 Å². The van der Waals surface area contributed by atoms with Crippen LogP contribution in [0.4, 0.5) is 11.4 Å². The SMILES string of the molecule is CC1=CN2CCOc3cccc(c32)N1. The fraction of sp³-hybridized carbons (Fsp3) is 0.273. The molecule has 0 unspecified atom stereocenters. The first kappa shape index (κ1) is 7.74. The van der Waals surface area contributed by atoms with E-state index in [4.69, 9.17) is 4.74 Å². The van der Waals surface area contributed by atoms with Crippen molar-refractivity contribution in [2.24, 2.45) is 0 Å². The number of nitrogens with zero attached hydrogens (tertiary/aromatic N) is 1. The predicted molar refractivity (Wildman–Crippen MR) is 56.7 cm³/mol. The van der Waals surface area contributed by atoms with E-state index in [1.807, 2.05) is 12.1 Å². The monoisotopic (exact) mass is 188 g/mol. The topological polar surface area (TPSA) is 24.5 Å². The lowest BCUT2D eigenvalue weighted by Crippen LogP contribution is -2.31. The van der Waals surface area contributed by atoms with E-state index in [1.165, 1.54) is 11.4 Å². The van der Waals surface area contributed by atoms with E-state index in [2.05, 4.69) is 29.4 Å². The summed E-state index contributed by atoms with van der Waals surface area (Å²) in [6.45, 7) is 3.77. The van der Waals surface area contributed by atoms with E-state index in [9.17, 15) is 0 Å². The summed E-state index contributed by atoms with van der Waals surface area (Å²) < 4.78 is 5.59. The number of nitrogens with one attached hydrogen (secondary N) is 1. The third-order valence-corrected chi connectivity index (χ3v) is 2.56. The third-order valence-electron chi connectivity index (χ3n) is 2.56. The van der Waals surface area contributed by atoms with Gasteiger partial charge in [-0.25, -0.2) is 0 Å². The summed E-state index contributed by atoms with van der Waals surface area (Å²) in [6.07, 6.45) is 2.13. The lowest BCUT2D eigenvalue weighted by Gasteiger charge is -2.34. The van der Waals surface area contributed by atoms with Crippen LogP contribution in [0.25, 0.3) is 0 Å². The molecule has 14 heavy (non-hydrogen) atoms.